The number of likely N-dealkylation sites (N-methyl/N-ethyl adjacent to an activating group) is 1. The zero-order chi connectivity index (χ0) is 15.9. The highest BCUT2D eigenvalue weighted by molar-refractivity contribution is 5.47. The number of halogens is 3. The van der Waals surface area contributed by atoms with E-state index in [1.54, 1.807) is 23.7 Å². The van der Waals surface area contributed by atoms with Gasteiger partial charge in [-0.3, -0.25) is 4.90 Å². The molecule has 1 atom stereocenters. The minimum atomic E-state index is -4.58. The lowest BCUT2D eigenvalue weighted by Crippen LogP contribution is -2.60. The molecule has 7 nitrogen and oxygen atoms in total. The average molecular weight is 316 g/mol. The Bertz CT molecular complexity index is 654. The smallest absolute Gasteiger partial charge is 0.382 e. The molecule has 1 aliphatic rings. The Hall–Kier alpha value is -1.94. The minimum absolute atomic E-state index is 0.0459. The summed E-state index contributed by atoms with van der Waals surface area (Å²) < 4.78 is 38.6. The molecule has 2 aromatic rings. The van der Waals surface area contributed by atoms with Crippen molar-refractivity contribution in [1.82, 2.24) is 24.7 Å². The van der Waals surface area contributed by atoms with Gasteiger partial charge in [-0.2, -0.15) is 17.7 Å². The average Bonchev–Trinajstić information content (AvgIpc) is 2.83. The van der Waals surface area contributed by atoms with Crippen molar-refractivity contribution in [2.45, 2.75) is 18.3 Å². The van der Waals surface area contributed by atoms with E-state index in [2.05, 4.69) is 15.3 Å². The number of nitrogens with zero attached hydrogens (tertiary/aromatic N) is 6. The van der Waals surface area contributed by atoms with Gasteiger partial charge in [-0.25, -0.2) is 0 Å². The van der Waals surface area contributed by atoms with Crippen molar-refractivity contribution < 1.29 is 18.3 Å². The van der Waals surface area contributed by atoms with E-state index in [1.165, 1.54) is 11.2 Å². The monoisotopic (exact) mass is 316 g/mol. The number of aliphatic hydroxyl groups is 1. The molecule has 1 aliphatic heterocycles. The van der Waals surface area contributed by atoms with Gasteiger partial charge in [0.05, 0.1) is 0 Å². The molecule has 0 saturated carbocycles. The van der Waals surface area contributed by atoms with Crippen molar-refractivity contribution in [2.75, 3.05) is 31.6 Å². The molecule has 1 N–H and O–H groups in total. The molecule has 0 spiro atoms. The fourth-order valence-corrected chi connectivity index (χ4v) is 2.33. The van der Waals surface area contributed by atoms with Gasteiger partial charge in [-0.05, 0) is 19.2 Å². The molecule has 3 heterocycles. The molecule has 1 fully saturated rings. The van der Waals surface area contributed by atoms with Crippen LogP contribution in [0, 0.1) is 0 Å². The summed E-state index contributed by atoms with van der Waals surface area (Å²) in [6, 6.07) is 3.53. The lowest BCUT2D eigenvalue weighted by molar-refractivity contribution is -0.208. The van der Waals surface area contributed by atoms with Crippen LogP contribution in [0.2, 0.25) is 0 Å². The van der Waals surface area contributed by atoms with Crippen LogP contribution in [0.5, 0.6) is 0 Å². The molecule has 120 valence electrons. The van der Waals surface area contributed by atoms with Crippen LogP contribution in [0.15, 0.2) is 18.5 Å². The van der Waals surface area contributed by atoms with Crippen LogP contribution in [-0.2, 0) is 0 Å². The zero-order valence-electron chi connectivity index (χ0n) is 11.8. The molecule has 2 aromatic heterocycles. The number of aliphatic hydroxyl groups excluding tert-OH is 1. The number of alkyl halides is 3. The molecule has 10 heteroatoms. The van der Waals surface area contributed by atoms with E-state index in [-0.39, 0.29) is 6.04 Å². The van der Waals surface area contributed by atoms with Gasteiger partial charge in [0.15, 0.2) is 11.8 Å². The summed E-state index contributed by atoms with van der Waals surface area (Å²) in [6.07, 6.45) is -5.42. The molecular weight excluding hydrogens is 301 g/mol. The summed E-state index contributed by atoms with van der Waals surface area (Å²) in [5, 5.41) is 21.0. The quantitative estimate of drug-likeness (QED) is 0.867. The van der Waals surface area contributed by atoms with E-state index >= 15 is 0 Å². The second-order valence-corrected chi connectivity index (χ2v) is 5.38. The van der Waals surface area contributed by atoms with E-state index in [4.69, 9.17) is 5.11 Å². The normalized spacial score (nSPS) is 18.0. The largest absolute Gasteiger partial charge is 0.415 e. The Kier molecular flexibility index (Phi) is 3.65. The molecule has 0 radical (unpaired) electrons. The van der Waals surface area contributed by atoms with Crippen LogP contribution in [0.25, 0.3) is 5.65 Å². The van der Waals surface area contributed by atoms with Crippen LogP contribution < -0.4 is 4.90 Å². The summed E-state index contributed by atoms with van der Waals surface area (Å²) >= 11 is 0. The minimum Gasteiger partial charge on any atom is -0.382 e. The summed E-state index contributed by atoms with van der Waals surface area (Å²) in [5.74, 6) is 0.716. The molecule has 0 amide bonds. The van der Waals surface area contributed by atoms with Gasteiger partial charge in [-0.1, -0.05) is 0 Å². The molecule has 1 saturated heterocycles. The molecule has 0 bridgehead atoms. The van der Waals surface area contributed by atoms with Crippen LogP contribution in [0.4, 0.5) is 19.0 Å². The first-order valence-electron chi connectivity index (χ1n) is 6.71. The number of hydrogen-bond acceptors (Lipinski definition) is 6. The van der Waals surface area contributed by atoms with E-state index in [1.807, 2.05) is 4.90 Å². The molecular formula is C12H15F3N6O. The Labute approximate surface area is 124 Å². The summed E-state index contributed by atoms with van der Waals surface area (Å²) in [6.45, 7) is 0.684. The maximum atomic E-state index is 12.3. The maximum Gasteiger partial charge on any atom is 0.415 e. The fourth-order valence-electron chi connectivity index (χ4n) is 2.33. The first kappa shape index (κ1) is 15.0. The second kappa shape index (κ2) is 5.36. The molecule has 0 aromatic carbocycles. The van der Waals surface area contributed by atoms with Crippen molar-refractivity contribution >= 4 is 11.5 Å². The highest BCUT2D eigenvalue weighted by Crippen LogP contribution is 2.24. The third-order valence-corrected chi connectivity index (χ3v) is 3.80. The van der Waals surface area contributed by atoms with Crippen LogP contribution in [0.1, 0.15) is 0 Å². The van der Waals surface area contributed by atoms with Crippen LogP contribution in [-0.4, -0.2) is 74.8 Å². The van der Waals surface area contributed by atoms with Gasteiger partial charge in [0.1, 0.15) is 12.1 Å². The predicted octanol–water partition coefficient (Wildman–Crippen LogP) is 0.168. The van der Waals surface area contributed by atoms with Crippen LogP contribution in [0.3, 0.4) is 0 Å². The fraction of sp³-hybridized carbons (Fsp3) is 0.583. The first-order valence-corrected chi connectivity index (χ1v) is 6.71. The summed E-state index contributed by atoms with van der Waals surface area (Å²) in [4.78, 5) is 3.46. The Balaban J connectivity index is 1.57. The number of anilines is 1. The van der Waals surface area contributed by atoms with Crippen molar-refractivity contribution in [3.8, 4) is 0 Å². The van der Waals surface area contributed by atoms with Gasteiger partial charge in [-0.15, -0.1) is 15.3 Å². The number of fused-ring (bicyclic) bond motifs is 1. The van der Waals surface area contributed by atoms with E-state index < -0.39 is 18.8 Å². The van der Waals surface area contributed by atoms with Gasteiger partial charge >= 0.3 is 6.18 Å². The highest BCUT2D eigenvalue weighted by Gasteiger charge is 2.41. The highest BCUT2D eigenvalue weighted by atomic mass is 19.4. The second-order valence-electron chi connectivity index (χ2n) is 5.38. The molecule has 3 rings (SSSR count). The first-order chi connectivity index (χ1) is 10.3. The van der Waals surface area contributed by atoms with Gasteiger partial charge in [0, 0.05) is 25.7 Å². The van der Waals surface area contributed by atoms with Crippen molar-refractivity contribution in [2.24, 2.45) is 0 Å². The van der Waals surface area contributed by atoms with Gasteiger partial charge in [0.25, 0.3) is 0 Å². The number of aromatic nitrogens is 4. The predicted molar refractivity (Wildman–Crippen MR) is 71.5 cm³/mol. The maximum absolute atomic E-state index is 12.3. The molecule has 22 heavy (non-hydrogen) atoms. The Morgan fingerprint density at radius 3 is 2.82 bits per heavy atom. The molecule has 0 aliphatic carbocycles. The van der Waals surface area contributed by atoms with Crippen molar-refractivity contribution in [3.05, 3.63) is 18.5 Å². The van der Waals surface area contributed by atoms with E-state index in [9.17, 15) is 13.2 Å². The lowest BCUT2D eigenvalue weighted by Gasteiger charge is -2.45. The van der Waals surface area contributed by atoms with Crippen molar-refractivity contribution in [3.63, 3.8) is 0 Å². The lowest BCUT2D eigenvalue weighted by atomic mass is 10.1. The van der Waals surface area contributed by atoms with Crippen molar-refractivity contribution in [1.29, 1.82) is 0 Å². The SMILES string of the molecule is CN(CC(O)C(F)(F)F)C1CN(c2ccc3nncn3n2)C1. The Morgan fingerprint density at radius 1 is 1.41 bits per heavy atom. The number of rotatable bonds is 4. The zero-order valence-corrected chi connectivity index (χ0v) is 11.8. The van der Waals surface area contributed by atoms with Gasteiger partial charge in [0.2, 0.25) is 0 Å². The Morgan fingerprint density at radius 2 is 2.14 bits per heavy atom. The van der Waals surface area contributed by atoms with Gasteiger partial charge < -0.3 is 10.0 Å². The van der Waals surface area contributed by atoms with E-state index in [0.717, 1.165) is 0 Å². The number of hydrogen-bond donors (Lipinski definition) is 1. The van der Waals surface area contributed by atoms with Crippen LogP contribution >= 0.6 is 0 Å². The molecule has 1 unspecified atom stereocenters. The third-order valence-electron chi connectivity index (χ3n) is 3.80. The standard InChI is InChI=1S/C12H15F3N6O/c1-19(6-9(22)12(13,14)15)8-4-20(5-8)11-3-2-10-17-16-7-21(10)18-11/h2-3,7-9,22H,4-6H2,1H3. The summed E-state index contributed by atoms with van der Waals surface area (Å²) in [5.41, 5.74) is 0.631. The van der Waals surface area contributed by atoms with E-state index in [0.29, 0.717) is 24.6 Å². The third kappa shape index (κ3) is 2.83. The topological polar surface area (TPSA) is 69.8 Å². The summed E-state index contributed by atoms with van der Waals surface area (Å²) in [7, 11) is 1.58.